The summed E-state index contributed by atoms with van der Waals surface area (Å²) >= 11 is 0. The number of benzene rings is 2. The Balaban J connectivity index is 1.88. The summed E-state index contributed by atoms with van der Waals surface area (Å²) in [4.78, 5) is 50.2. The molecule has 6 heteroatoms. The van der Waals surface area contributed by atoms with Crippen LogP contribution in [-0.2, 0) is 0 Å². The molecule has 6 nitrogen and oxygen atoms in total. The molecule has 0 heterocycles. The van der Waals surface area contributed by atoms with Gasteiger partial charge >= 0.3 is 0 Å². The summed E-state index contributed by atoms with van der Waals surface area (Å²) in [6.07, 6.45) is 1.91. The molecule has 0 aliphatic heterocycles. The molecule has 0 fully saturated rings. The molecule has 2 aliphatic rings. The number of rotatable bonds is 1. The summed E-state index contributed by atoms with van der Waals surface area (Å²) in [5, 5.41) is 19.7. The van der Waals surface area contributed by atoms with E-state index in [-0.39, 0.29) is 44.9 Å². The second kappa shape index (κ2) is 5.35. The predicted octanol–water partition coefficient (Wildman–Crippen LogP) is 2.41. The van der Waals surface area contributed by atoms with Gasteiger partial charge in [-0.25, -0.2) is 0 Å². The summed E-state index contributed by atoms with van der Waals surface area (Å²) in [6, 6.07) is 8.15. The van der Waals surface area contributed by atoms with Crippen LogP contribution in [-0.4, -0.2) is 33.3 Å². The van der Waals surface area contributed by atoms with E-state index in [1.807, 2.05) is 0 Å². The lowest BCUT2D eigenvalue weighted by molar-refractivity contribution is 0.0960. The van der Waals surface area contributed by atoms with Crippen molar-refractivity contribution in [1.29, 1.82) is 0 Å². The number of carbonyl (C=O) groups excluding carboxylic acids is 4. The summed E-state index contributed by atoms with van der Waals surface area (Å²) in [5.41, 5.74) is -0.740. The minimum absolute atomic E-state index is 0.0321. The second-order valence-corrected chi connectivity index (χ2v) is 5.90. The first-order valence-corrected chi connectivity index (χ1v) is 7.66. The van der Waals surface area contributed by atoms with Crippen molar-refractivity contribution in [3.05, 3.63) is 82.0 Å². The minimum atomic E-state index is -0.633. The van der Waals surface area contributed by atoms with E-state index < -0.39 is 23.1 Å². The number of carbonyl (C=O) groups is 4. The van der Waals surface area contributed by atoms with Crippen molar-refractivity contribution >= 4 is 23.1 Å². The Kier molecular flexibility index (Phi) is 3.23. The van der Waals surface area contributed by atoms with Gasteiger partial charge in [-0.05, 0) is 24.3 Å². The van der Waals surface area contributed by atoms with Gasteiger partial charge in [-0.3, -0.25) is 19.2 Å². The lowest BCUT2D eigenvalue weighted by Crippen LogP contribution is -2.25. The minimum Gasteiger partial charge on any atom is -0.507 e. The van der Waals surface area contributed by atoms with E-state index in [1.165, 1.54) is 36.4 Å². The van der Waals surface area contributed by atoms with E-state index in [2.05, 4.69) is 0 Å². The number of ketones is 4. The first kappa shape index (κ1) is 15.7. The molecule has 0 saturated carbocycles. The maximum absolute atomic E-state index is 12.8. The molecule has 2 aliphatic carbocycles. The third-order valence-electron chi connectivity index (χ3n) is 4.40. The molecule has 0 unspecified atom stereocenters. The van der Waals surface area contributed by atoms with E-state index in [9.17, 15) is 29.4 Å². The molecule has 126 valence electrons. The van der Waals surface area contributed by atoms with Crippen molar-refractivity contribution in [1.82, 2.24) is 0 Å². The summed E-state index contributed by atoms with van der Waals surface area (Å²) in [7, 11) is 0. The Labute approximate surface area is 146 Å². The molecule has 2 aromatic carbocycles. The maximum atomic E-state index is 12.8. The van der Waals surface area contributed by atoms with Crippen molar-refractivity contribution in [2.45, 2.75) is 0 Å². The molecule has 0 bridgehead atoms. The maximum Gasteiger partial charge on any atom is 0.194 e. The van der Waals surface area contributed by atoms with Gasteiger partial charge < -0.3 is 10.2 Å². The van der Waals surface area contributed by atoms with E-state index >= 15 is 0 Å². The summed E-state index contributed by atoms with van der Waals surface area (Å²) in [6.45, 7) is 0. The SMILES string of the molecule is O=C1C(C2=CC(=O)c3c(O)cccc3C2=O)=CC(=O)c2c(O)cccc21. The lowest BCUT2D eigenvalue weighted by Gasteiger charge is -2.20. The Bertz CT molecular complexity index is 1030. The Hall–Kier alpha value is -3.80. The number of phenolic OH excluding ortho intramolecular Hbond substituents is 2. The quantitative estimate of drug-likeness (QED) is 0.821. The van der Waals surface area contributed by atoms with E-state index in [0.717, 1.165) is 12.2 Å². The number of hydrogen-bond donors (Lipinski definition) is 2. The second-order valence-electron chi connectivity index (χ2n) is 5.90. The highest BCUT2D eigenvalue weighted by Gasteiger charge is 2.36. The van der Waals surface area contributed by atoms with Crippen LogP contribution in [0.15, 0.2) is 59.7 Å². The van der Waals surface area contributed by atoms with Crippen LogP contribution in [0.25, 0.3) is 0 Å². The number of hydrogen-bond acceptors (Lipinski definition) is 6. The molecule has 4 rings (SSSR count). The number of allylic oxidation sites excluding steroid dienone is 4. The molecule has 2 N–H and O–H groups in total. The average molecular weight is 346 g/mol. The zero-order valence-electron chi connectivity index (χ0n) is 13.1. The highest BCUT2D eigenvalue weighted by Crippen LogP contribution is 2.35. The Morgan fingerprint density at radius 3 is 1.35 bits per heavy atom. The van der Waals surface area contributed by atoms with Crippen molar-refractivity contribution in [3.63, 3.8) is 0 Å². The van der Waals surface area contributed by atoms with Gasteiger partial charge in [0.15, 0.2) is 23.1 Å². The van der Waals surface area contributed by atoms with E-state index in [0.29, 0.717) is 0 Å². The molecular formula is C20H10O6. The fourth-order valence-corrected chi connectivity index (χ4v) is 3.20. The molecule has 0 radical (unpaired) electrons. The van der Waals surface area contributed by atoms with Gasteiger partial charge in [-0.2, -0.15) is 0 Å². The van der Waals surface area contributed by atoms with Crippen LogP contribution in [0.1, 0.15) is 41.4 Å². The number of aromatic hydroxyl groups is 2. The van der Waals surface area contributed by atoms with Crippen LogP contribution in [0.5, 0.6) is 11.5 Å². The standard InChI is InChI=1S/C20H10O6/c21-13-5-1-3-9-17(13)15(23)7-11(19(9)25)12-8-16(24)18-10(20(12)26)4-2-6-14(18)22/h1-8,21-22H. The van der Waals surface area contributed by atoms with Crippen molar-refractivity contribution in [2.24, 2.45) is 0 Å². The van der Waals surface area contributed by atoms with Gasteiger partial charge in [0.1, 0.15) is 11.5 Å². The average Bonchev–Trinajstić information content (AvgIpc) is 2.61. The van der Waals surface area contributed by atoms with Gasteiger partial charge in [0.2, 0.25) is 0 Å². The highest BCUT2D eigenvalue weighted by atomic mass is 16.3. The third kappa shape index (κ3) is 2.05. The normalized spacial score (nSPS) is 16.0. The molecular weight excluding hydrogens is 336 g/mol. The van der Waals surface area contributed by atoms with Gasteiger partial charge in [0, 0.05) is 22.3 Å². The first-order valence-electron chi connectivity index (χ1n) is 7.66. The monoisotopic (exact) mass is 346 g/mol. The Morgan fingerprint density at radius 2 is 0.962 bits per heavy atom. The first-order chi connectivity index (χ1) is 12.4. The zero-order chi connectivity index (χ0) is 18.6. The molecule has 0 spiro atoms. The van der Waals surface area contributed by atoms with Crippen LogP contribution in [0.2, 0.25) is 0 Å². The molecule has 0 amide bonds. The van der Waals surface area contributed by atoms with E-state index in [4.69, 9.17) is 0 Å². The highest BCUT2D eigenvalue weighted by molar-refractivity contribution is 6.35. The van der Waals surface area contributed by atoms with Crippen LogP contribution in [0.4, 0.5) is 0 Å². The molecule has 0 aromatic heterocycles. The summed E-state index contributed by atoms with van der Waals surface area (Å²) < 4.78 is 0. The van der Waals surface area contributed by atoms with Crippen LogP contribution >= 0.6 is 0 Å². The van der Waals surface area contributed by atoms with Crippen molar-refractivity contribution in [3.8, 4) is 11.5 Å². The van der Waals surface area contributed by atoms with Crippen LogP contribution in [0, 0.1) is 0 Å². The largest absolute Gasteiger partial charge is 0.507 e. The Morgan fingerprint density at radius 1 is 0.577 bits per heavy atom. The number of fused-ring (bicyclic) bond motifs is 2. The fraction of sp³-hybridized carbons (Fsp3) is 0. The molecule has 0 atom stereocenters. The summed E-state index contributed by atoms with van der Waals surface area (Å²) in [5.74, 6) is -3.18. The van der Waals surface area contributed by atoms with Crippen molar-refractivity contribution in [2.75, 3.05) is 0 Å². The molecule has 2 aromatic rings. The lowest BCUT2D eigenvalue weighted by atomic mass is 9.79. The molecule has 0 saturated heterocycles. The predicted molar refractivity (Wildman–Crippen MR) is 89.7 cm³/mol. The van der Waals surface area contributed by atoms with Gasteiger partial charge in [-0.1, -0.05) is 24.3 Å². The van der Waals surface area contributed by atoms with Crippen LogP contribution in [0.3, 0.4) is 0 Å². The van der Waals surface area contributed by atoms with Gasteiger partial charge in [0.25, 0.3) is 0 Å². The number of phenols is 2. The smallest absolute Gasteiger partial charge is 0.194 e. The molecule has 26 heavy (non-hydrogen) atoms. The van der Waals surface area contributed by atoms with E-state index in [1.54, 1.807) is 0 Å². The fourth-order valence-electron chi connectivity index (χ4n) is 3.20. The zero-order valence-corrected chi connectivity index (χ0v) is 13.1. The van der Waals surface area contributed by atoms with Gasteiger partial charge in [0.05, 0.1) is 11.1 Å². The third-order valence-corrected chi connectivity index (χ3v) is 4.40. The topological polar surface area (TPSA) is 109 Å². The van der Waals surface area contributed by atoms with Crippen molar-refractivity contribution < 1.29 is 29.4 Å². The van der Waals surface area contributed by atoms with Gasteiger partial charge in [-0.15, -0.1) is 0 Å². The number of Topliss-reactive ketones (excluding diaryl/α,β-unsaturated/α-hetero) is 2. The van der Waals surface area contributed by atoms with Crippen LogP contribution < -0.4 is 0 Å².